The molecule has 0 saturated carbocycles. The van der Waals surface area contributed by atoms with Crippen molar-refractivity contribution >= 4 is 11.8 Å². The van der Waals surface area contributed by atoms with E-state index >= 15 is 0 Å². The number of nitrogens with zero attached hydrogens (tertiary/aromatic N) is 5. The molecule has 0 bridgehead atoms. The molecule has 2 aromatic rings. The van der Waals surface area contributed by atoms with Gasteiger partial charge >= 0.3 is 0 Å². The van der Waals surface area contributed by atoms with Crippen molar-refractivity contribution in [2.45, 2.75) is 38.5 Å². The van der Waals surface area contributed by atoms with Gasteiger partial charge in [-0.25, -0.2) is 0 Å². The van der Waals surface area contributed by atoms with Crippen LogP contribution in [0.15, 0.2) is 15.1 Å². The van der Waals surface area contributed by atoms with E-state index in [1.807, 2.05) is 4.90 Å². The van der Waals surface area contributed by atoms with Crippen LogP contribution in [0, 0.1) is 6.92 Å². The zero-order valence-corrected chi connectivity index (χ0v) is 14.8. The number of aryl methyl sites for hydroxylation is 1. The van der Waals surface area contributed by atoms with Crippen LogP contribution < -0.4 is 0 Å². The van der Waals surface area contributed by atoms with Crippen LogP contribution in [0.5, 0.6) is 0 Å². The highest BCUT2D eigenvalue weighted by Crippen LogP contribution is 2.30. The van der Waals surface area contributed by atoms with Crippen LogP contribution in [-0.2, 0) is 4.79 Å². The van der Waals surface area contributed by atoms with E-state index in [-0.39, 0.29) is 23.7 Å². The fourth-order valence-corrected chi connectivity index (χ4v) is 3.46. The summed E-state index contributed by atoms with van der Waals surface area (Å²) in [6.45, 7) is 5.88. The fourth-order valence-electron chi connectivity index (χ4n) is 3.46. The lowest BCUT2D eigenvalue weighted by molar-refractivity contribution is -0.129. The number of carbonyl (C=O) groups is 2. The second kappa shape index (κ2) is 6.54. The monoisotopic (exact) mass is 359 g/mol. The first-order chi connectivity index (χ1) is 12.5. The summed E-state index contributed by atoms with van der Waals surface area (Å²) in [5.74, 6) is 2.15. The highest BCUT2D eigenvalue weighted by molar-refractivity contribution is 5.92. The molecule has 0 aliphatic carbocycles. The predicted molar refractivity (Wildman–Crippen MR) is 88.4 cm³/mol. The van der Waals surface area contributed by atoms with E-state index in [1.54, 1.807) is 24.8 Å². The van der Waals surface area contributed by atoms with Crippen molar-refractivity contribution in [3.05, 3.63) is 29.2 Å². The summed E-state index contributed by atoms with van der Waals surface area (Å²) in [6, 6.07) is 1.63. The van der Waals surface area contributed by atoms with Gasteiger partial charge in [-0.05, 0) is 19.8 Å². The van der Waals surface area contributed by atoms with E-state index in [0.717, 1.165) is 25.9 Å². The lowest BCUT2D eigenvalue weighted by Gasteiger charge is -2.36. The molecular formula is C17H21N5O4. The molecule has 0 radical (unpaired) electrons. The van der Waals surface area contributed by atoms with E-state index in [1.165, 1.54) is 0 Å². The van der Waals surface area contributed by atoms with Gasteiger partial charge in [0.15, 0.2) is 11.5 Å². The quantitative estimate of drug-likeness (QED) is 0.814. The van der Waals surface area contributed by atoms with Crippen LogP contribution >= 0.6 is 0 Å². The normalized spacial score (nSPS) is 18.8. The summed E-state index contributed by atoms with van der Waals surface area (Å²) >= 11 is 0. The Morgan fingerprint density at radius 1 is 1.08 bits per heavy atom. The lowest BCUT2D eigenvalue weighted by Crippen LogP contribution is -2.48. The zero-order chi connectivity index (χ0) is 18.3. The van der Waals surface area contributed by atoms with E-state index in [9.17, 15) is 9.59 Å². The SMILES string of the molecule is CC(=O)N1CCC(c2noc(C3CN(C(=O)c4cc(C)on4)C3)n2)CC1. The molecule has 2 fully saturated rings. The standard InChI is InChI=1S/C17H21N5O4/c1-10-7-14(19-25-10)17(24)22-8-13(9-22)16-18-15(20-26-16)12-3-5-21(6-4-12)11(2)23/h7,12-13H,3-6,8-9H2,1-2H3. The maximum Gasteiger partial charge on any atom is 0.276 e. The molecule has 0 unspecified atom stereocenters. The molecule has 2 aromatic heterocycles. The topological polar surface area (TPSA) is 106 Å². The summed E-state index contributed by atoms with van der Waals surface area (Å²) in [4.78, 5) is 31.7. The summed E-state index contributed by atoms with van der Waals surface area (Å²) in [6.07, 6.45) is 1.69. The van der Waals surface area contributed by atoms with Crippen LogP contribution in [0.3, 0.4) is 0 Å². The van der Waals surface area contributed by atoms with Gasteiger partial charge in [-0.15, -0.1) is 0 Å². The third kappa shape index (κ3) is 3.09. The summed E-state index contributed by atoms with van der Waals surface area (Å²) < 4.78 is 10.4. The second-order valence-corrected chi connectivity index (χ2v) is 7.00. The maximum atomic E-state index is 12.3. The summed E-state index contributed by atoms with van der Waals surface area (Å²) in [7, 11) is 0. The molecule has 138 valence electrons. The number of hydrogen-bond donors (Lipinski definition) is 0. The minimum absolute atomic E-state index is 0.0607. The lowest BCUT2D eigenvalue weighted by atomic mass is 9.95. The predicted octanol–water partition coefficient (Wildman–Crippen LogP) is 1.33. The minimum Gasteiger partial charge on any atom is -0.361 e. The summed E-state index contributed by atoms with van der Waals surface area (Å²) in [5.41, 5.74) is 0.324. The van der Waals surface area contributed by atoms with Crippen LogP contribution in [0.4, 0.5) is 0 Å². The average Bonchev–Trinajstić information content (AvgIpc) is 3.23. The average molecular weight is 359 g/mol. The van der Waals surface area contributed by atoms with Crippen molar-refractivity contribution in [2.75, 3.05) is 26.2 Å². The largest absolute Gasteiger partial charge is 0.361 e. The number of piperidine rings is 1. The van der Waals surface area contributed by atoms with E-state index < -0.39 is 0 Å². The minimum atomic E-state index is -0.144. The van der Waals surface area contributed by atoms with Crippen LogP contribution in [0.2, 0.25) is 0 Å². The molecule has 0 atom stereocenters. The Balaban J connectivity index is 1.32. The molecule has 2 saturated heterocycles. The smallest absolute Gasteiger partial charge is 0.276 e. The van der Waals surface area contributed by atoms with E-state index in [2.05, 4.69) is 15.3 Å². The Bertz CT molecular complexity index is 815. The van der Waals surface area contributed by atoms with Gasteiger partial charge in [0, 0.05) is 45.1 Å². The van der Waals surface area contributed by atoms with Gasteiger partial charge in [-0.1, -0.05) is 10.3 Å². The van der Waals surface area contributed by atoms with Crippen molar-refractivity contribution < 1.29 is 18.6 Å². The Labute approximate surface area is 150 Å². The number of aromatic nitrogens is 3. The molecule has 2 aliphatic rings. The van der Waals surface area contributed by atoms with Crippen molar-refractivity contribution in [3.8, 4) is 0 Å². The van der Waals surface area contributed by atoms with Gasteiger partial charge in [0.2, 0.25) is 11.8 Å². The van der Waals surface area contributed by atoms with Gasteiger partial charge in [0.1, 0.15) is 5.76 Å². The van der Waals surface area contributed by atoms with Crippen LogP contribution in [0.25, 0.3) is 0 Å². The van der Waals surface area contributed by atoms with Crippen molar-refractivity contribution in [2.24, 2.45) is 0 Å². The van der Waals surface area contributed by atoms with Crippen molar-refractivity contribution in [1.82, 2.24) is 25.1 Å². The molecule has 2 amide bonds. The molecule has 4 rings (SSSR count). The van der Waals surface area contributed by atoms with Gasteiger partial charge in [-0.3, -0.25) is 9.59 Å². The number of carbonyl (C=O) groups excluding carboxylic acids is 2. The Kier molecular flexibility index (Phi) is 4.21. The second-order valence-electron chi connectivity index (χ2n) is 7.00. The number of amides is 2. The molecular weight excluding hydrogens is 338 g/mol. The Hall–Kier alpha value is -2.71. The first kappa shape index (κ1) is 16.7. The number of likely N-dealkylation sites (tertiary alicyclic amines) is 2. The van der Waals surface area contributed by atoms with E-state index in [0.29, 0.717) is 36.3 Å². The molecule has 0 aromatic carbocycles. The highest BCUT2D eigenvalue weighted by atomic mass is 16.5. The fraction of sp³-hybridized carbons (Fsp3) is 0.588. The molecule has 26 heavy (non-hydrogen) atoms. The first-order valence-electron chi connectivity index (χ1n) is 8.83. The highest BCUT2D eigenvalue weighted by Gasteiger charge is 2.37. The number of hydrogen-bond acceptors (Lipinski definition) is 7. The maximum absolute atomic E-state index is 12.3. The summed E-state index contributed by atoms with van der Waals surface area (Å²) in [5, 5.41) is 7.88. The third-order valence-corrected chi connectivity index (χ3v) is 5.13. The van der Waals surface area contributed by atoms with Crippen molar-refractivity contribution in [1.29, 1.82) is 0 Å². The van der Waals surface area contributed by atoms with Gasteiger partial charge in [-0.2, -0.15) is 4.98 Å². The Morgan fingerprint density at radius 2 is 1.81 bits per heavy atom. The van der Waals surface area contributed by atoms with E-state index in [4.69, 9.17) is 9.05 Å². The van der Waals surface area contributed by atoms with Crippen molar-refractivity contribution in [3.63, 3.8) is 0 Å². The Morgan fingerprint density at radius 3 is 2.42 bits per heavy atom. The number of rotatable bonds is 3. The molecule has 2 aliphatic heterocycles. The zero-order valence-electron chi connectivity index (χ0n) is 14.8. The molecule has 9 nitrogen and oxygen atoms in total. The van der Waals surface area contributed by atoms with Gasteiger partial charge < -0.3 is 18.8 Å². The van der Waals surface area contributed by atoms with Crippen LogP contribution in [-0.4, -0.2) is 63.1 Å². The first-order valence-corrected chi connectivity index (χ1v) is 8.83. The molecule has 4 heterocycles. The third-order valence-electron chi connectivity index (χ3n) is 5.13. The van der Waals surface area contributed by atoms with Crippen LogP contribution in [0.1, 0.15) is 59.6 Å². The molecule has 0 N–H and O–H groups in total. The van der Waals surface area contributed by atoms with Gasteiger partial charge in [0.25, 0.3) is 5.91 Å². The van der Waals surface area contributed by atoms with Gasteiger partial charge in [0.05, 0.1) is 5.92 Å². The molecule has 0 spiro atoms. The molecule has 9 heteroatoms.